The molecule has 2 aromatic rings. The van der Waals surface area contributed by atoms with Crippen LogP contribution in [0.25, 0.3) is 0 Å². The summed E-state index contributed by atoms with van der Waals surface area (Å²) in [5.41, 5.74) is 5.51. The number of nitrogens with two attached hydrogens (primary N) is 1. The molecule has 0 amide bonds. The zero-order valence-corrected chi connectivity index (χ0v) is 9.65. The summed E-state index contributed by atoms with van der Waals surface area (Å²) >= 11 is 1.25. The smallest absolute Gasteiger partial charge is 0.344 e. The van der Waals surface area contributed by atoms with E-state index in [1.54, 1.807) is 10.8 Å². The Bertz CT molecular complexity index is 602. The summed E-state index contributed by atoms with van der Waals surface area (Å²) in [7, 11) is 0. The summed E-state index contributed by atoms with van der Waals surface area (Å²) < 4.78 is 1.65. The molecule has 0 saturated heterocycles. The number of nitrogens with one attached hydrogen (secondary N) is 1. The molecule has 1 fully saturated rings. The number of hydrogen-bond donors (Lipinski definition) is 2. The fraction of sp³-hybridized carbons (Fsp3) is 0.333. The van der Waals surface area contributed by atoms with Gasteiger partial charge in [0.05, 0.1) is 0 Å². The second-order valence-electron chi connectivity index (χ2n) is 3.76. The van der Waals surface area contributed by atoms with Crippen molar-refractivity contribution in [2.45, 2.75) is 29.1 Å². The molecule has 0 radical (unpaired) electrons. The molecule has 2 aromatic heterocycles. The molecule has 0 aromatic carbocycles. The van der Waals surface area contributed by atoms with Crippen LogP contribution >= 0.6 is 11.8 Å². The minimum atomic E-state index is -0.183. The van der Waals surface area contributed by atoms with E-state index in [-0.39, 0.29) is 11.7 Å². The van der Waals surface area contributed by atoms with Gasteiger partial charge in [-0.3, -0.25) is 4.57 Å². The molecule has 3 N–H and O–H groups in total. The molecule has 1 aliphatic carbocycles. The Hall–Kier alpha value is -1.83. The van der Waals surface area contributed by atoms with Crippen molar-refractivity contribution in [3.05, 3.63) is 22.9 Å². The van der Waals surface area contributed by atoms with E-state index in [4.69, 9.17) is 5.73 Å². The van der Waals surface area contributed by atoms with Crippen molar-refractivity contribution in [1.82, 2.24) is 24.7 Å². The van der Waals surface area contributed by atoms with Gasteiger partial charge in [0.1, 0.15) is 5.03 Å². The van der Waals surface area contributed by atoms with Crippen LogP contribution in [0.1, 0.15) is 18.9 Å². The third-order valence-corrected chi connectivity index (χ3v) is 3.44. The van der Waals surface area contributed by atoms with Crippen LogP contribution in [0.3, 0.4) is 0 Å². The molecule has 7 nitrogen and oxygen atoms in total. The summed E-state index contributed by atoms with van der Waals surface area (Å²) in [5.74, 6) is 0.343. The predicted octanol–water partition coefficient (Wildman–Crippen LogP) is 0.430. The van der Waals surface area contributed by atoms with Gasteiger partial charge in [0.15, 0.2) is 11.0 Å². The SMILES string of the molecule is Nc1nccnc1Sc1n[nH]c(=O)n1C1CC1. The number of anilines is 1. The van der Waals surface area contributed by atoms with Gasteiger partial charge in [-0.05, 0) is 24.6 Å². The third kappa shape index (κ3) is 1.91. The largest absolute Gasteiger partial charge is 0.381 e. The Morgan fingerprint density at radius 2 is 2.18 bits per heavy atom. The molecule has 0 aliphatic heterocycles. The summed E-state index contributed by atoms with van der Waals surface area (Å²) in [6.07, 6.45) is 5.12. The molecule has 0 atom stereocenters. The van der Waals surface area contributed by atoms with Crippen molar-refractivity contribution in [2.24, 2.45) is 0 Å². The molecule has 2 heterocycles. The molecule has 17 heavy (non-hydrogen) atoms. The molecule has 88 valence electrons. The molecular formula is C9H10N6OS. The van der Waals surface area contributed by atoms with E-state index in [9.17, 15) is 4.79 Å². The molecule has 0 bridgehead atoms. The highest BCUT2D eigenvalue weighted by atomic mass is 32.2. The van der Waals surface area contributed by atoms with Gasteiger partial charge >= 0.3 is 5.69 Å². The first-order valence-corrected chi connectivity index (χ1v) is 5.98. The highest BCUT2D eigenvalue weighted by Crippen LogP contribution is 2.37. The van der Waals surface area contributed by atoms with E-state index >= 15 is 0 Å². The number of aromatic amines is 1. The lowest BCUT2D eigenvalue weighted by Gasteiger charge is -2.03. The van der Waals surface area contributed by atoms with Crippen molar-refractivity contribution >= 4 is 17.6 Å². The van der Waals surface area contributed by atoms with Gasteiger partial charge in [0.25, 0.3) is 0 Å². The lowest BCUT2D eigenvalue weighted by atomic mass is 10.7. The van der Waals surface area contributed by atoms with Crippen molar-refractivity contribution in [1.29, 1.82) is 0 Å². The highest BCUT2D eigenvalue weighted by Gasteiger charge is 2.29. The Morgan fingerprint density at radius 3 is 2.88 bits per heavy atom. The molecule has 1 aliphatic rings. The topological polar surface area (TPSA) is 102 Å². The van der Waals surface area contributed by atoms with Gasteiger partial charge in [-0.2, -0.15) is 0 Å². The number of aromatic nitrogens is 5. The van der Waals surface area contributed by atoms with Crippen LogP contribution in [-0.2, 0) is 0 Å². The first-order valence-electron chi connectivity index (χ1n) is 5.17. The van der Waals surface area contributed by atoms with Gasteiger partial charge in [-0.1, -0.05) is 0 Å². The van der Waals surface area contributed by atoms with Crippen LogP contribution < -0.4 is 11.4 Å². The van der Waals surface area contributed by atoms with Crippen LogP contribution in [0, 0.1) is 0 Å². The maximum Gasteiger partial charge on any atom is 0.344 e. The molecule has 3 rings (SSSR count). The van der Waals surface area contributed by atoms with E-state index in [1.165, 1.54) is 18.0 Å². The van der Waals surface area contributed by atoms with Crippen molar-refractivity contribution in [3.8, 4) is 0 Å². The monoisotopic (exact) mass is 250 g/mol. The molecule has 0 unspecified atom stereocenters. The average Bonchev–Trinajstić information content (AvgIpc) is 3.08. The van der Waals surface area contributed by atoms with Crippen LogP contribution in [-0.4, -0.2) is 24.7 Å². The van der Waals surface area contributed by atoms with E-state index in [0.717, 1.165) is 12.8 Å². The zero-order chi connectivity index (χ0) is 11.8. The van der Waals surface area contributed by atoms with E-state index < -0.39 is 0 Å². The summed E-state index contributed by atoms with van der Waals surface area (Å²) in [6.45, 7) is 0. The van der Waals surface area contributed by atoms with Gasteiger partial charge in [0, 0.05) is 18.4 Å². The van der Waals surface area contributed by atoms with Gasteiger partial charge in [-0.25, -0.2) is 19.9 Å². The minimum absolute atomic E-state index is 0.183. The average molecular weight is 250 g/mol. The van der Waals surface area contributed by atoms with Crippen LogP contribution in [0.15, 0.2) is 27.4 Å². The highest BCUT2D eigenvalue weighted by molar-refractivity contribution is 7.99. The Balaban J connectivity index is 1.96. The first-order chi connectivity index (χ1) is 8.25. The van der Waals surface area contributed by atoms with Crippen molar-refractivity contribution < 1.29 is 0 Å². The lowest BCUT2D eigenvalue weighted by molar-refractivity contribution is 0.642. The maximum absolute atomic E-state index is 11.6. The molecular weight excluding hydrogens is 240 g/mol. The second-order valence-corrected chi connectivity index (χ2v) is 4.72. The number of nitrogen functional groups attached to an aromatic ring is 1. The fourth-order valence-electron chi connectivity index (χ4n) is 1.52. The maximum atomic E-state index is 11.6. The van der Waals surface area contributed by atoms with Gasteiger partial charge in [-0.15, -0.1) is 5.10 Å². The Labute approximate surface area is 100 Å². The van der Waals surface area contributed by atoms with Crippen molar-refractivity contribution in [3.63, 3.8) is 0 Å². The zero-order valence-electron chi connectivity index (χ0n) is 8.83. The van der Waals surface area contributed by atoms with Crippen LogP contribution in [0.5, 0.6) is 0 Å². The van der Waals surface area contributed by atoms with E-state index in [1.807, 2.05) is 0 Å². The Morgan fingerprint density at radius 1 is 1.41 bits per heavy atom. The fourth-order valence-corrected chi connectivity index (χ4v) is 2.38. The van der Waals surface area contributed by atoms with Gasteiger partial charge in [0.2, 0.25) is 0 Å². The molecule has 1 saturated carbocycles. The standard InChI is InChI=1S/C9H10N6OS/c10-6-7(12-4-3-11-6)17-9-14-13-8(16)15(9)5-1-2-5/h3-5H,1-2H2,(H2,10,11)(H,13,16). The summed E-state index contributed by atoms with van der Waals surface area (Å²) in [4.78, 5) is 19.6. The minimum Gasteiger partial charge on any atom is -0.381 e. The molecule has 0 spiro atoms. The van der Waals surface area contributed by atoms with Crippen molar-refractivity contribution in [2.75, 3.05) is 5.73 Å². The van der Waals surface area contributed by atoms with Crippen LogP contribution in [0.2, 0.25) is 0 Å². The Kier molecular flexibility index (Phi) is 2.36. The number of hydrogen-bond acceptors (Lipinski definition) is 6. The molecule has 8 heteroatoms. The van der Waals surface area contributed by atoms with E-state index in [0.29, 0.717) is 16.0 Å². The van der Waals surface area contributed by atoms with E-state index in [2.05, 4.69) is 20.2 Å². The normalized spacial score (nSPS) is 15.1. The number of nitrogens with zero attached hydrogens (tertiary/aromatic N) is 4. The predicted molar refractivity (Wildman–Crippen MR) is 61.7 cm³/mol. The van der Waals surface area contributed by atoms with Gasteiger partial charge < -0.3 is 5.73 Å². The summed E-state index contributed by atoms with van der Waals surface area (Å²) in [5, 5.41) is 7.58. The summed E-state index contributed by atoms with van der Waals surface area (Å²) in [6, 6.07) is 0.265. The second kappa shape index (κ2) is 3.88. The quantitative estimate of drug-likeness (QED) is 0.818. The third-order valence-electron chi connectivity index (χ3n) is 2.46. The number of H-pyrrole nitrogens is 1. The first kappa shape index (κ1) is 10.3. The number of rotatable bonds is 3. The lowest BCUT2D eigenvalue weighted by Crippen LogP contribution is -2.16. The van der Waals surface area contributed by atoms with Crippen LogP contribution in [0.4, 0.5) is 5.82 Å².